The molecule has 0 aliphatic rings. The van der Waals surface area contributed by atoms with Crippen LogP contribution < -0.4 is 4.31 Å². The van der Waals surface area contributed by atoms with Gasteiger partial charge in [0.05, 0.1) is 36.3 Å². The molecular weight excluding hydrogens is 489 g/mol. The largest absolute Gasteiger partial charge is 0.481 e. The van der Waals surface area contributed by atoms with E-state index in [2.05, 4.69) is 9.97 Å². The Kier molecular flexibility index (Phi) is 12.1. The first kappa shape index (κ1) is 31.1. The van der Waals surface area contributed by atoms with Crippen molar-refractivity contribution < 1.29 is 32.9 Å². The van der Waals surface area contributed by atoms with Crippen LogP contribution >= 0.6 is 0 Å². The Morgan fingerprint density at radius 1 is 1.11 bits per heavy atom. The zero-order chi connectivity index (χ0) is 27.6. The highest BCUT2D eigenvalue weighted by Gasteiger charge is 2.22. The Hall–Kier alpha value is -2.89. The monoisotopic (exact) mass is 525 g/mol. The van der Waals surface area contributed by atoms with E-state index in [-0.39, 0.29) is 24.7 Å². The second-order valence-electron chi connectivity index (χ2n) is 8.32. The minimum atomic E-state index is -3.64. The van der Waals surface area contributed by atoms with Crippen LogP contribution in [0.4, 0.5) is 10.3 Å². The molecule has 200 valence electrons. The van der Waals surface area contributed by atoms with Crippen LogP contribution in [0.15, 0.2) is 30.3 Å². The minimum Gasteiger partial charge on any atom is -0.481 e. The van der Waals surface area contributed by atoms with Gasteiger partial charge in [0.25, 0.3) is 0 Å². The lowest BCUT2D eigenvalue weighted by atomic mass is 9.97. The molecule has 0 saturated heterocycles. The van der Waals surface area contributed by atoms with Crippen molar-refractivity contribution in [1.82, 2.24) is 9.97 Å². The Morgan fingerprint density at radius 3 is 2.19 bits per heavy atom. The first-order valence-corrected chi connectivity index (χ1v) is 13.5. The number of anilines is 1. The maximum Gasteiger partial charge on any atom is 0.305 e. The fourth-order valence-corrected chi connectivity index (χ4v) is 3.54. The highest BCUT2D eigenvalue weighted by molar-refractivity contribution is 7.92. The molecule has 0 bridgehead atoms. The summed E-state index contributed by atoms with van der Waals surface area (Å²) in [7, 11) is -2.30. The molecule has 1 heterocycles. The van der Waals surface area contributed by atoms with Gasteiger partial charge in [-0.25, -0.2) is 27.1 Å². The van der Waals surface area contributed by atoms with E-state index in [1.807, 2.05) is 27.7 Å². The van der Waals surface area contributed by atoms with Crippen LogP contribution in [0.2, 0.25) is 0 Å². The van der Waals surface area contributed by atoms with E-state index in [0.29, 0.717) is 22.5 Å². The van der Waals surface area contributed by atoms with Gasteiger partial charge in [-0.15, -0.1) is 0 Å². The van der Waals surface area contributed by atoms with Crippen LogP contribution in [0.3, 0.4) is 0 Å². The maximum atomic E-state index is 13.5. The molecule has 0 saturated carbocycles. The van der Waals surface area contributed by atoms with Gasteiger partial charge in [-0.3, -0.25) is 4.79 Å². The third-order valence-electron chi connectivity index (χ3n) is 5.10. The molecule has 0 aliphatic carbocycles. The Labute approximate surface area is 212 Å². The molecule has 0 aliphatic heterocycles. The number of rotatable bonds is 11. The molecule has 11 heteroatoms. The molecule has 3 N–H and O–H groups in total. The summed E-state index contributed by atoms with van der Waals surface area (Å²) in [6.07, 6.45) is 1.87. The lowest BCUT2D eigenvalue weighted by molar-refractivity contribution is -0.139. The van der Waals surface area contributed by atoms with Gasteiger partial charge in [0, 0.05) is 18.2 Å². The number of nitrogens with zero attached hydrogens (tertiary/aromatic N) is 3. The van der Waals surface area contributed by atoms with Crippen LogP contribution in [0.1, 0.15) is 64.1 Å². The number of aliphatic hydroxyl groups excluding tert-OH is 2. The summed E-state index contributed by atoms with van der Waals surface area (Å²) in [4.78, 5) is 19.6. The van der Waals surface area contributed by atoms with E-state index in [9.17, 15) is 27.8 Å². The van der Waals surface area contributed by atoms with E-state index in [1.165, 1.54) is 37.4 Å². The minimum absolute atomic E-state index is 0.0417. The van der Waals surface area contributed by atoms with E-state index in [4.69, 9.17) is 5.11 Å². The highest BCUT2D eigenvalue weighted by Crippen LogP contribution is 2.31. The quantitative estimate of drug-likeness (QED) is 0.402. The maximum absolute atomic E-state index is 13.5. The number of aliphatic hydroxyl groups is 2. The molecular formula is C25H36FN3O6S. The lowest BCUT2D eigenvalue weighted by Gasteiger charge is -2.20. The summed E-state index contributed by atoms with van der Waals surface area (Å²) >= 11 is 0. The fourth-order valence-electron chi connectivity index (χ4n) is 3.17. The van der Waals surface area contributed by atoms with Crippen LogP contribution in [0, 0.1) is 5.82 Å². The predicted molar refractivity (Wildman–Crippen MR) is 139 cm³/mol. The Morgan fingerprint density at radius 2 is 1.69 bits per heavy atom. The van der Waals surface area contributed by atoms with E-state index in [0.717, 1.165) is 10.6 Å². The predicted octanol–water partition coefficient (Wildman–Crippen LogP) is 3.82. The van der Waals surface area contributed by atoms with Crippen LogP contribution in [-0.4, -0.2) is 65.2 Å². The standard InChI is InChI=1S/C23H30FN3O6S.C2H6/c1-14(2)21-19(12-11-17(28)9-10-18(29)13-20(30)31)22(15-5-7-16(24)8-6-15)26-23(25-21)27(3)34(4,32)33;1-2/h5-8,11-12,14,17-18,28-29H,9-10,13H2,1-4H3,(H,30,31);1-2H3/b12-11+;. The SMILES string of the molecule is CC.CC(C)c1nc(N(C)S(C)(=O)=O)nc(-c2ccc(F)cc2)c1/C=C/C(O)CCC(O)CC(=O)O. The first-order chi connectivity index (χ1) is 16.8. The number of aliphatic carboxylic acids is 1. The topological polar surface area (TPSA) is 141 Å². The lowest BCUT2D eigenvalue weighted by Crippen LogP contribution is -2.27. The molecule has 9 nitrogen and oxygen atoms in total. The van der Waals surface area contributed by atoms with Gasteiger partial charge in [0.15, 0.2) is 0 Å². The number of hydrogen-bond donors (Lipinski definition) is 3. The van der Waals surface area contributed by atoms with Crippen molar-refractivity contribution in [2.45, 2.75) is 65.1 Å². The average Bonchev–Trinajstić information content (AvgIpc) is 2.81. The van der Waals surface area contributed by atoms with Gasteiger partial charge in [-0.05, 0) is 43.0 Å². The zero-order valence-corrected chi connectivity index (χ0v) is 22.3. The number of sulfonamides is 1. The number of carboxylic acids is 1. The van der Waals surface area contributed by atoms with Crippen molar-refractivity contribution in [1.29, 1.82) is 0 Å². The van der Waals surface area contributed by atoms with Gasteiger partial charge in [0.1, 0.15) is 5.82 Å². The summed E-state index contributed by atoms with van der Waals surface area (Å²) in [5.41, 5.74) is 1.94. The van der Waals surface area contributed by atoms with Crippen LogP contribution in [-0.2, 0) is 14.8 Å². The number of hydrogen-bond acceptors (Lipinski definition) is 7. The smallest absolute Gasteiger partial charge is 0.305 e. The van der Waals surface area contributed by atoms with Crippen molar-refractivity contribution in [2.75, 3.05) is 17.6 Å². The summed E-state index contributed by atoms with van der Waals surface area (Å²) in [5, 5.41) is 28.8. The van der Waals surface area contributed by atoms with Gasteiger partial charge < -0.3 is 15.3 Å². The van der Waals surface area contributed by atoms with Crippen molar-refractivity contribution in [3.05, 3.63) is 47.4 Å². The van der Waals surface area contributed by atoms with Gasteiger partial charge >= 0.3 is 5.97 Å². The molecule has 2 aromatic rings. The number of halogens is 1. The van der Waals surface area contributed by atoms with E-state index in [1.54, 1.807) is 6.08 Å². The molecule has 0 amide bonds. The van der Waals surface area contributed by atoms with Crippen molar-refractivity contribution >= 4 is 28.0 Å². The third-order valence-corrected chi connectivity index (χ3v) is 6.26. The number of carbonyl (C=O) groups is 1. The third kappa shape index (κ3) is 9.29. The van der Waals surface area contributed by atoms with Crippen molar-refractivity contribution in [3.63, 3.8) is 0 Å². The van der Waals surface area contributed by atoms with E-state index < -0.39 is 40.4 Å². The molecule has 2 atom stereocenters. The van der Waals surface area contributed by atoms with E-state index >= 15 is 0 Å². The molecule has 36 heavy (non-hydrogen) atoms. The number of carboxylic acid groups (broad SMARTS) is 1. The molecule has 1 aromatic heterocycles. The van der Waals surface area contributed by atoms with Crippen molar-refractivity contribution in [2.24, 2.45) is 0 Å². The van der Waals surface area contributed by atoms with Crippen molar-refractivity contribution in [3.8, 4) is 11.3 Å². The number of benzene rings is 1. The van der Waals surface area contributed by atoms with Crippen LogP contribution in [0.25, 0.3) is 17.3 Å². The number of aromatic nitrogens is 2. The average molecular weight is 526 g/mol. The molecule has 1 aromatic carbocycles. The van der Waals surface area contributed by atoms with Gasteiger partial charge in [-0.1, -0.05) is 39.8 Å². The molecule has 0 spiro atoms. The molecule has 0 fully saturated rings. The highest BCUT2D eigenvalue weighted by atomic mass is 32.2. The molecule has 0 radical (unpaired) electrons. The summed E-state index contributed by atoms with van der Waals surface area (Å²) < 4.78 is 38.7. The molecule has 2 rings (SSSR count). The summed E-state index contributed by atoms with van der Waals surface area (Å²) in [6, 6.07) is 5.56. The Balaban J connectivity index is 0.00000316. The molecule has 2 unspecified atom stereocenters. The van der Waals surface area contributed by atoms with Gasteiger partial charge in [-0.2, -0.15) is 0 Å². The normalized spacial score (nSPS) is 13.3. The first-order valence-electron chi connectivity index (χ1n) is 11.7. The second-order valence-corrected chi connectivity index (χ2v) is 10.3. The zero-order valence-electron chi connectivity index (χ0n) is 21.5. The van der Waals surface area contributed by atoms with Gasteiger partial charge in [0.2, 0.25) is 16.0 Å². The summed E-state index contributed by atoms with van der Waals surface area (Å²) in [5.74, 6) is -1.76. The fraction of sp³-hybridized carbons (Fsp3) is 0.480. The second kappa shape index (κ2) is 14.0. The summed E-state index contributed by atoms with van der Waals surface area (Å²) in [6.45, 7) is 7.74. The Bertz CT molecular complexity index is 1140. The van der Waals surface area contributed by atoms with Crippen LogP contribution in [0.5, 0.6) is 0 Å².